The van der Waals surface area contributed by atoms with Gasteiger partial charge in [0, 0.05) is 50.0 Å². The highest BCUT2D eigenvalue weighted by Gasteiger charge is 2.21. The van der Waals surface area contributed by atoms with Crippen molar-refractivity contribution in [2.24, 2.45) is 0 Å². The average Bonchev–Trinajstić information content (AvgIpc) is 3.87. The molecule has 3 heterocycles. The van der Waals surface area contributed by atoms with E-state index in [2.05, 4.69) is 187 Å². The van der Waals surface area contributed by atoms with Crippen LogP contribution in [0.1, 0.15) is 0 Å². The molecule has 60 heavy (non-hydrogen) atoms. The summed E-state index contributed by atoms with van der Waals surface area (Å²) in [7, 11) is 0. The van der Waals surface area contributed by atoms with Crippen molar-refractivity contribution < 1.29 is 4.42 Å². The number of rotatable bonds is 4. The van der Waals surface area contributed by atoms with Crippen LogP contribution in [0.2, 0.25) is 0 Å². The van der Waals surface area contributed by atoms with Crippen LogP contribution in [0.4, 0.5) is 0 Å². The predicted octanol–water partition coefficient (Wildman–Crippen LogP) is 14.5. The molecule has 0 N–H and O–H groups in total. The van der Waals surface area contributed by atoms with E-state index in [-0.39, 0.29) is 0 Å². The second-order valence-electron chi connectivity index (χ2n) is 15.6. The Kier molecular flexibility index (Phi) is 6.95. The normalized spacial score (nSPS) is 12.0. The first kappa shape index (κ1) is 32.9. The Balaban J connectivity index is 1.03. The molecule has 278 valence electrons. The van der Waals surface area contributed by atoms with Gasteiger partial charge >= 0.3 is 0 Å². The molecule has 5 heteroatoms. The van der Waals surface area contributed by atoms with Crippen molar-refractivity contribution in [1.29, 1.82) is 0 Å². The Hall–Kier alpha value is -8.15. The second kappa shape index (κ2) is 12.7. The van der Waals surface area contributed by atoms with Crippen LogP contribution in [0, 0.1) is 0 Å². The highest BCUT2D eigenvalue weighted by atomic mass is 16.3. The number of hydrogen-bond donors (Lipinski definition) is 0. The van der Waals surface area contributed by atoms with Gasteiger partial charge in [-0.1, -0.05) is 146 Å². The first-order valence-corrected chi connectivity index (χ1v) is 20.3. The molecule has 0 unspecified atom stereocenters. The largest absolute Gasteiger partial charge is 0.456 e. The third-order valence-corrected chi connectivity index (χ3v) is 12.2. The summed E-state index contributed by atoms with van der Waals surface area (Å²) in [5.74, 6) is 1.83. The number of aromatic nitrogens is 4. The van der Waals surface area contributed by atoms with Crippen LogP contribution in [0.15, 0.2) is 199 Å². The van der Waals surface area contributed by atoms with Gasteiger partial charge in [-0.2, -0.15) is 0 Å². The molecule has 13 aromatic rings. The fourth-order valence-electron chi connectivity index (χ4n) is 9.38. The Morgan fingerprint density at radius 2 is 0.850 bits per heavy atom. The average molecular weight is 765 g/mol. The van der Waals surface area contributed by atoms with Gasteiger partial charge in [-0.3, -0.25) is 0 Å². The Bertz CT molecular complexity index is 3720. The van der Waals surface area contributed by atoms with Gasteiger partial charge in [0.2, 0.25) is 0 Å². The van der Waals surface area contributed by atoms with Gasteiger partial charge in [-0.15, -0.1) is 0 Å². The third kappa shape index (κ3) is 4.96. The molecule has 5 nitrogen and oxygen atoms in total. The molecule has 0 saturated heterocycles. The Labute approximate surface area is 343 Å². The lowest BCUT2D eigenvalue weighted by Gasteiger charge is -2.11. The minimum atomic E-state index is 0.592. The van der Waals surface area contributed by atoms with Crippen molar-refractivity contribution in [2.75, 3.05) is 0 Å². The van der Waals surface area contributed by atoms with Crippen LogP contribution >= 0.6 is 0 Å². The van der Waals surface area contributed by atoms with Gasteiger partial charge in [0.1, 0.15) is 11.2 Å². The minimum absolute atomic E-state index is 0.592. The van der Waals surface area contributed by atoms with Crippen LogP contribution in [0.5, 0.6) is 0 Å². The van der Waals surface area contributed by atoms with Gasteiger partial charge in [0.15, 0.2) is 17.5 Å². The molecule has 0 fully saturated rings. The summed E-state index contributed by atoms with van der Waals surface area (Å²) in [6.07, 6.45) is 0. The maximum Gasteiger partial charge on any atom is 0.164 e. The Morgan fingerprint density at radius 1 is 0.333 bits per heavy atom. The molecule has 0 bridgehead atoms. The third-order valence-electron chi connectivity index (χ3n) is 12.2. The van der Waals surface area contributed by atoms with E-state index in [1.807, 2.05) is 12.1 Å². The van der Waals surface area contributed by atoms with Crippen LogP contribution in [-0.2, 0) is 0 Å². The van der Waals surface area contributed by atoms with Crippen molar-refractivity contribution in [1.82, 2.24) is 19.5 Å². The molecular weight excluding hydrogens is 733 g/mol. The predicted molar refractivity (Wildman–Crippen MR) is 248 cm³/mol. The molecule has 0 radical (unpaired) electrons. The summed E-state index contributed by atoms with van der Waals surface area (Å²) in [6, 6.07) is 68.6. The molecule has 0 saturated carbocycles. The monoisotopic (exact) mass is 764 g/mol. The maximum atomic E-state index is 6.76. The van der Waals surface area contributed by atoms with Crippen molar-refractivity contribution in [3.63, 3.8) is 0 Å². The van der Waals surface area contributed by atoms with E-state index in [1.54, 1.807) is 0 Å². The van der Waals surface area contributed by atoms with Gasteiger partial charge in [-0.05, 0) is 85.6 Å². The molecule has 0 spiro atoms. The van der Waals surface area contributed by atoms with Crippen LogP contribution in [0.3, 0.4) is 0 Å². The molecule has 0 aliphatic carbocycles. The second-order valence-corrected chi connectivity index (χ2v) is 15.6. The number of hydrogen-bond acceptors (Lipinski definition) is 4. The fraction of sp³-hybridized carbons (Fsp3) is 0. The molecule has 3 aromatic heterocycles. The highest BCUT2D eigenvalue weighted by molar-refractivity contribution is 6.28. The quantitative estimate of drug-likeness (QED) is 0.179. The van der Waals surface area contributed by atoms with Crippen molar-refractivity contribution in [2.45, 2.75) is 0 Å². The van der Waals surface area contributed by atoms with Gasteiger partial charge in [0.25, 0.3) is 0 Å². The van der Waals surface area contributed by atoms with Crippen molar-refractivity contribution in [3.8, 4) is 39.9 Å². The van der Waals surface area contributed by atoms with Gasteiger partial charge < -0.3 is 8.98 Å². The Morgan fingerprint density at radius 3 is 1.45 bits per heavy atom. The molecule has 10 aromatic carbocycles. The lowest BCUT2D eigenvalue weighted by Crippen LogP contribution is -2.00. The van der Waals surface area contributed by atoms with Crippen molar-refractivity contribution >= 4 is 86.8 Å². The lowest BCUT2D eigenvalue weighted by atomic mass is 10.00. The number of furan rings is 1. The van der Waals surface area contributed by atoms with E-state index in [4.69, 9.17) is 19.4 Å². The van der Waals surface area contributed by atoms with E-state index < -0.39 is 0 Å². The zero-order chi connectivity index (χ0) is 39.3. The van der Waals surface area contributed by atoms with Gasteiger partial charge in [-0.25, -0.2) is 15.0 Å². The standard InChI is InChI=1S/C55H32N4O/c1-3-14-37-30-39(22-20-33(37)10-1)53-56-54(40-23-21-34-11-2-4-15-38(34)31-40)58-55(57-53)45-18-9-19-48-50(45)44-27-26-41(32-49(44)60-48)59-46-28-24-35-12-5-7-16-42(35)51(46)52-43-17-8-6-13-36(43)25-29-47(52)59/h1-32H. The summed E-state index contributed by atoms with van der Waals surface area (Å²) < 4.78 is 9.14. The maximum absolute atomic E-state index is 6.76. The highest BCUT2D eigenvalue weighted by Crippen LogP contribution is 2.43. The zero-order valence-corrected chi connectivity index (χ0v) is 32.2. The molecule has 0 aliphatic heterocycles. The van der Waals surface area contributed by atoms with Gasteiger partial charge in [0.05, 0.1) is 11.0 Å². The van der Waals surface area contributed by atoms with Crippen LogP contribution in [-0.4, -0.2) is 19.5 Å². The minimum Gasteiger partial charge on any atom is -0.456 e. The topological polar surface area (TPSA) is 56.7 Å². The summed E-state index contributed by atoms with van der Waals surface area (Å²) in [5.41, 5.74) is 7.67. The molecule has 0 atom stereocenters. The van der Waals surface area contributed by atoms with Crippen LogP contribution in [0.25, 0.3) is 127 Å². The fourth-order valence-corrected chi connectivity index (χ4v) is 9.38. The first-order chi connectivity index (χ1) is 29.7. The van der Waals surface area contributed by atoms with E-state index in [0.717, 1.165) is 66.1 Å². The SMILES string of the molecule is c1ccc2cc(-c3nc(-c4ccc5ccccc5c4)nc(-c4cccc5oc6cc(-n7c8ccc9ccccc9c8c8c9ccccc9ccc87)ccc6c45)n3)ccc2c1. The summed E-state index contributed by atoms with van der Waals surface area (Å²) in [5, 5.41) is 14.0. The summed E-state index contributed by atoms with van der Waals surface area (Å²) in [4.78, 5) is 15.5. The van der Waals surface area contributed by atoms with E-state index in [9.17, 15) is 0 Å². The molecule has 0 aliphatic rings. The number of benzene rings is 10. The number of fused-ring (bicyclic) bond motifs is 12. The first-order valence-electron chi connectivity index (χ1n) is 20.3. The van der Waals surface area contributed by atoms with E-state index in [1.165, 1.54) is 43.1 Å². The molecular formula is C55H32N4O. The van der Waals surface area contributed by atoms with Crippen LogP contribution < -0.4 is 0 Å². The summed E-state index contributed by atoms with van der Waals surface area (Å²) >= 11 is 0. The van der Waals surface area contributed by atoms with Crippen molar-refractivity contribution in [3.05, 3.63) is 194 Å². The molecule has 13 rings (SSSR count). The zero-order valence-electron chi connectivity index (χ0n) is 32.2. The van der Waals surface area contributed by atoms with E-state index >= 15 is 0 Å². The lowest BCUT2D eigenvalue weighted by molar-refractivity contribution is 0.668. The van der Waals surface area contributed by atoms with E-state index in [0.29, 0.717) is 17.5 Å². The smallest absolute Gasteiger partial charge is 0.164 e. The number of nitrogens with zero attached hydrogens (tertiary/aromatic N) is 4. The molecule has 0 amide bonds. The summed E-state index contributed by atoms with van der Waals surface area (Å²) in [6.45, 7) is 0.